The topological polar surface area (TPSA) is 84.7 Å². The van der Waals surface area contributed by atoms with E-state index in [0.717, 1.165) is 0 Å². The molecule has 0 atom stereocenters. The number of nitrogens with two attached hydrogens (primary N) is 1. The first-order valence-electron chi connectivity index (χ1n) is 6.28. The van der Waals surface area contributed by atoms with Crippen LogP contribution in [-0.2, 0) is 21.3 Å². The summed E-state index contributed by atoms with van der Waals surface area (Å²) < 4.78 is 43.6. The molecule has 112 valence electrons. The maximum atomic E-state index is 13.8. The average molecular weight is 303 g/mol. The fourth-order valence-electron chi connectivity index (χ4n) is 1.98. The lowest BCUT2D eigenvalue weighted by Gasteiger charge is -2.27. The molecule has 8 heteroatoms. The summed E-state index contributed by atoms with van der Waals surface area (Å²) in [6.07, 6.45) is 0. The second kappa shape index (κ2) is 6.15. The second-order valence-electron chi connectivity index (χ2n) is 4.60. The molecule has 1 heterocycles. The van der Waals surface area contributed by atoms with Gasteiger partial charge in [-0.3, -0.25) is 0 Å². The van der Waals surface area contributed by atoms with Gasteiger partial charge in [0.1, 0.15) is 5.82 Å². The molecule has 1 aliphatic rings. The summed E-state index contributed by atoms with van der Waals surface area (Å²) in [5.74, 6) is -0.574. The predicted molar refractivity (Wildman–Crippen MR) is 71.7 cm³/mol. The molecule has 2 rings (SSSR count). The van der Waals surface area contributed by atoms with Crippen molar-refractivity contribution in [3.8, 4) is 0 Å². The summed E-state index contributed by atoms with van der Waals surface area (Å²) in [4.78, 5) is 2.37. The molecule has 1 saturated heterocycles. The van der Waals surface area contributed by atoms with Gasteiger partial charge in [-0.15, -0.1) is 4.83 Å². The number of hydrazine groups is 1. The standard InChI is InChI=1S/C12H18FN3O3S/c1-9-11(13)6-10(8-14)7-12(9)20(17,18)15-16-2-4-19-5-3-16/h6-7,15H,2-5,8,14H2,1H3. The number of hydrogen-bond donors (Lipinski definition) is 2. The van der Waals surface area contributed by atoms with Crippen LogP contribution in [0.2, 0.25) is 0 Å². The highest BCUT2D eigenvalue weighted by Gasteiger charge is 2.23. The molecule has 0 amide bonds. The first-order valence-corrected chi connectivity index (χ1v) is 7.76. The van der Waals surface area contributed by atoms with E-state index in [4.69, 9.17) is 10.5 Å². The van der Waals surface area contributed by atoms with Crippen molar-refractivity contribution >= 4 is 10.0 Å². The molecular formula is C12H18FN3O3S. The van der Waals surface area contributed by atoms with Crippen molar-refractivity contribution in [2.45, 2.75) is 18.4 Å². The number of morpholine rings is 1. The largest absolute Gasteiger partial charge is 0.379 e. The van der Waals surface area contributed by atoms with Crippen LogP contribution < -0.4 is 10.6 Å². The third kappa shape index (κ3) is 3.33. The number of hydrogen-bond acceptors (Lipinski definition) is 5. The Kier molecular flexibility index (Phi) is 4.71. The number of nitrogens with zero attached hydrogens (tertiary/aromatic N) is 1. The van der Waals surface area contributed by atoms with Gasteiger partial charge in [0, 0.05) is 25.2 Å². The van der Waals surface area contributed by atoms with Crippen molar-refractivity contribution in [2.24, 2.45) is 5.73 Å². The summed E-state index contributed by atoms with van der Waals surface area (Å²) in [6.45, 7) is 3.34. The zero-order chi connectivity index (χ0) is 14.8. The van der Waals surface area contributed by atoms with E-state index in [0.29, 0.717) is 31.9 Å². The van der Waals surface area contributed by atoms with Gasteiger partial charge >= 0.3 is 0 Å². The fraction of sp³-hybridized carbons (Fsp3) is 0.500. The molecule has 1 aliphatic heterocycles. The highest BCUT2D eigenvalue weighted by atomic mass is 32.2. The van der Waals surface area contributed by atoms with Crippen LogP contribution in [0, 0.1) is 12.7 Å². The lowest BCUT2D eigenvalue weighted by Crippen LogP contribution is -2.48. The van der Waals surface area contributed by atoms with Crippen molar-refractivity contribution in [3.63, 3.8) is 0 Å². The minimum absolute atomic E-state index is 0.0792. The average Bonchev–Trinajstić information content (AvgIpc) is 2.42. The SMILES string of the molecule is Cc1c(F)cc(CN)cc1S(=O)(=O)NN1CCOCC1. The molecule has 1 aromatic rings. The molecule has 6 nitrogen and oxygen atoms in total. The number of halogens is 1. The van der Waals surface area contributed by atoms with Gasteiger partial charge in [-0.1, -0.05) is 0 Å². The second-order valence-corrected chi connectivity index (χ2v) is 6.23. The molecule has 0 unspecified atom stereocenters. The van der Waals surface area contributed by atoms with Crippen molar-refractivity contribution in [1.82, 2.24) is 9.84 Å². The first-order chi connectivity index (χ1) is 9.44. The zero-order valence-corrected chi connectivity index (χ0v) is 12.0. The lowest BCUT2D eigenvalue weighted by molar-refractivity contribution is 0.0272. The molecule has 20 heavy (non-hydrogen) atoms. The van der Waals surface area contributed by atoms with E-state index < -0.39 is 15.8 Å². The normalized spacial score (nSPS) is 17.4. The van der Waals surface area contributed by atoms with E-state index in [1.54, 1.807) is 5.01 Å². The molecular weight excluding hydrogens is 285 g/mol. The molecule has 0 saturated carbocycles. The highest BCUT2D eigenvalue weighted by Crippen LogP contribution is 2.20. The minimum Gasteiger partial charge on any atom is -0.379 e. The van der Waals surface area contributed by atoms with E-state index >= 15 is 0 Å². The van der Waals surface area contributed by atoms with Gasteiger partial charge in [0.15, 0.2) is 0 Å². The highest BCUT2D eigenvalue weighted by molar-refractivity contribution is 7.89. The third-order valence-electron chi connectivity index (χ3n) is 3.14. The quantitative estimate of drug-likeness (QED) is 0.825. The monoisotopic (exact) mass is 303 g/mol. The molecule has 0 bridgehead atoms. The van der Waals surface area contributed by atoms with Gasteiger partial charge in [-0.05, 0) is 24.6 Å². The fourth-order valence-corrected chi connectivity index (χ4v) is 3.41. The number of benzene rings is 1. The number of sulfonamides is 1. The maximum Gasteiger partial charge on any atom is 0.253 e. The molecule has 0 aromatic heterocycles. The number of nitrogens with one attached hydrogen (secondary N) is 1. The Morgan fingerprint density at radius 2 is 2.05 bits per heavy atom. The molecule has 1 aromatic carbocycles. The van der Waals surface area contributed by atoms with Crippen LogP contribution in [0.3, 0.4) is 0 Å². The Bertz CT molecular complexity index is 586. The van der Waals surface area contributed by atoms with Crippen LogP contribution in [0.15, 0.2) is 17.0 Å². The summed E-state index contributed by atoms with van der Waals surface area (Å²) in [6, 6.07) is 2.66. The molecule has 0 radical (unpaired) electrons. The van der Waals surface area contributed by atoms with Crippen molar-refractivity contribution in [2.75, 3.05) is 26.3 Å². The van der Waals surface area contributed by atoms with Gasteiger partial charge in [0.25, 0.3) is 10.0 Å². The van der Waals surface area contributed by atoms with Gasteiger partial charge in [-0.2, -0.15) is 0 Å². The Labute approximate surface area is 117 Å². The smallest absolute Gasteiger partial charge is 0.253 e. The van der Waals surface area contributed by atoms with Crippen LogP contribution in [-0.4, -0.2) is 39.7 Å². The Morgan fingerprint density at radius 3 is 2.65 bits per heavy atom. The van der Waals surface area contributed by atoms with E-state index in [-0.39, 0.29) is 17.0 Å². The van der Waals surface area contributed by atoms with Crippen LogP contribution in [0.25, 0.3) is 0 Å². The van der Waals surface area contributed by atoms with Gasteiger partial charge in [-0.25, -0.2) is 17.8 Å². The number of rotatable bonds is 4. The van der Waals surface area contributed by atoms with E-state index in [1.165, 1.54) is 19.1 Å². The summed E-state index contributed by atoms with van der Waals surface area (Å²) >= 11 is 0. The summed E-state index contributed by atoms with van der Waals surface area (Å²) in [7, 11) is -3.82. The summed E-state index contributed by atoms with van der Waals surface area (Å²) in [5.41, 5.74) is 5.98. The van der Waals surface area contributed by atoms with Gasteiger partial charge < -0.3 is 10.5 Å². The van der Waals surface area contributed by atoms with Crippen molar-refractivity contribution < 1.29 is 17.5 Å². The van der Waals surface area contributed by atoms with Crippen LogP contribution in [0.4, 0.5) is 4.39 Å². The molecule has 0 spiro atoms. The van der Waals surface area contributed by atoms with Gasteiger partial charge in [0.2, 0.25) is 0 Å². The number of ether oxygens (including phenoxy) is 1. The van der Waals surface area contributed by atoms with Gasteiger partial charge in [0.05, 0.1) is 18.1 Å². The predicted octanol–water partition coefficient (Wildman–Crippen LogP) is 0.118. The Balaban J connectivity index is 2.30. The van der Waals surface area contributed by atoms with Crippen LogP contribution >= 0.6 is 0 Å². The Hall–Kier alpha value is -1.06. The Morgan fingerprint density at radius 1 is 1.40 bits per heavy atom. The third-order valence-corrected chi connectivity index (χ3v) is 4.64. The van der Waals surface area contributed by atoms with Crippen LogP contribution in [0.1, 0.15) is 11.1 Å². The van der Waals surface area contributed by atoms with E-state index in [2.05, 4.69) is 4.83 Å². The zero-order valence-electron chi connectivity index (χ0n) is 11.2. The maximum absolute atomic E-state index is 13.8. The first kappa shape index (κ1) is 15.3. The van der Waals surface area contributed by atoms with E-state index in [9.17, 15) is 12.8 Å². The summed E-state index contributed by atoms with van der Waals surface area (Å²) in [5, 5.41) is 1.55. The van der Waals surface area contributed by atoms with Crippen LogP contribution in [0.5, 0.6) is 0 Å². The van der Waals surface area contributed by atoms with E-state index in [1.807, 2.05) is 0 Å². The lowest BCUT2D eigenvalue weighted by atomic mass is 10.1. The molecule has 3 N–H and O–H groups in total. The molecule has 0 aliphatic carbocycles. The van der Waals surface area contributed by atoms with Crippen molar-refractivity contribution in [3.05, 3.63) is 29.1 Å². The van der Waals surface area contributed by atoms with Crippen molar-refractivity contribution in [1.29, 1.82) is 0 Å². The molecule has 1 fully saturated rings. The minimum atomic E-state index is -3.82.